The van der Waals surface area contributed by atoms with Crippen molar-refractivity contribution in [2.75, 3.05) is 11.9 Å². The Morgan fingerprint density at radius 2 is 1.86 bits per heavy atom. The molecule has 0 aliphatic heterocycles. The molecule has 21 heavy (non-hydrogen) atoms. The van der Waals surface area contributed by atoms with Crippen molar-refractivity contribution in [3.8, 4) is 5.75 Å². The Morgan fingerprint density at radius 1 is 1.14 bits per heavy atom. The molecule has 0 aromatic heterocycles. The number of hydrogen-bond acceptors (Lipinski definition) is 3. The molecule has 0 heterocycles. The number of halogens is 1. The van der Waals surface area contributed by atoms with Gasteiger partial charge in [-0.1, -0.05) is 12.1 Å². The Labute approximate surface area is 136 Å². The molecular weight excluding hydrogens is 381 g/mol. The zero-order valence-corrected chi connectivity index (χ0v) is 13.6. The Balaban J connectivity index is 1.90. The lowest BCUT2D eigenvalue weighted by Gasteiger charge is -2.08. The van der Waals surface area contributed by atoms with Gasteiger partial charge in [-0.05, 0) is 65.9 Å². The van der Waals surface area contributed by atoms with Gasteiger partial charge in [0.05, 0.1) is 0 Å². The van der Waals surface area contributed by atoms with Crippen molar-refractivity contribution in [3.05, 3.63) is 57.7 Å². The number of Topliss-reactive ketones (excluding diaryl/α,β-unsaturated/α-hetero) is 1. The average molecular weight is 395 g/mol. The van der Waals surface area contributed by atoms with Crippen LogP contribution in [0.3, 0.4) is 0 Å². The summed E-state index contributed by atoms with van der Waals surface area (Å²) in [4.78, 5) is 23.1. The quantitative estimate of drug-likeness (QED) is 0.623. The van der Waals surface area contributed by atoms with E-state index in [0.29, 0.717) is 11.3 Å². The van der Waals surface area contributed by atoms with Gasteiger partial charge in [0.25, 0.3) is 5.91 Å². The Morgan fingerprint density at radius 3 is 2.52 bits per heavy atom. The van der Waals surface area contributed by atoms with Gasteiger partial charge in [0, 0.05) is 14.8 Å². The van der Waals surface area contributed by atoms with Crippen LogP contribution in [0.1, 0.15) is 17.3 Å². The summed E-state index contributed by atoms with van der Waals surface area (Å²) in [6.45, 7) is 1.38. The first-order valence-electron chi connectivity index (χ1n) is 6.34. The van der Waals surface area contributed by atoms with E-state index in [0.717, 1.165) is 9.26 Å². The molecule has 0 unspecified atom stereocenters. The number of rotatable bonds is 5. The highest BCUT2D eigenvalue weighted by atomic mass is 127. The fraction of sp³-hybridized carbons (Fsp3) is 0.125. The number of ketones is 1. The van der Waals surface area contributed by atoms with Crippen molar-refractivity contribution in [2.24, 2.45) is 0 Å². The lowest BCUT2D eigenvalue weighted by molar-refractivity contribution is -0.118. The van der Waals surface area contributed by atoms with E-state index < -0.39 is 0 Å². The summed E-state index contributed by atoms with van der Waals surface area (Å²) in [6.07, 6.45) is 0. The second kappa shape index (κ2) is 7.21. The van der Waals surface area contributed by atoms with Crippen molar-refractivity contribution < 1.29 is 14.3 Å². The van der Waals surface area contributed by atoms with E-state index in [-0.39, 0.29) is 18.3 Å². The Bertz CT molecular complexity index is 653. The molecule has 0 atom stereocenters. The van der Waals surface area contributed by atoms with Crippen LogP contribution in [0.15, 0.2) is 48.5 Å². The van der Waals surface area contributed by atoms with Crippen molar-refractivity contribution in [1.82, 2.24) is 0 Å². The van der Waals surface area contributed by atoms with Crippen LogP contribution >= 0.6 is 22.6 Å². The van der Waals surface area contributed by atoms with E-state index in [4.69, 9.17) is 4.74 Å². The predicted octanol–water partition coefficient (Wildman–Crippen LogP) is 3.51. The number of carbonyl (C=O) groups is 2. The van der Waals surface area contributed by atoms with Gasteiger partial charge >= 0.3 is 0 Å². The summed E-state index contributed by atoms with van der Waals surface area (Å²) in [5.41, 5.74) is 1.28. The van der Waals surface area contributed by atoms with Crippen molar-refractivity contribution in [3.63, 3.8) is 0 Å². The molecule has 4 nitrogen and oxygen atoms in total. The number of amides is 1. The number of nitrogens with one attached hydrogen (secondary N) is 1. The average Bonchev–Trinajstić information content (AvgIpc) is 2.48. The normalized spacial score (nSPS) is 10.0. The first-order chi connectivity index (χ1) is 10.0. The fourth-order valence-electron chi connectivity index (χ4n) is 1.68. The molecule has 2 rings (SSSR count). The van der Waals surface area contributed by atoms with E-state index in [1.165, 1.54) is 6.92 Å². The third kappa shape index (κ3) is 4.86. The van der Waals surface area contributed by atoms with Gasteiger partial charge in [-0.2, -0.15) is 0 Å². The molecule has 0 radical (unpaired) electrons. The van der Waals surface area contributed by atoms with Crippen LogP contribution in [0.2, 0.25) is 0 Å². The van der Waals surface area contributed by atoms with Crippen LogP contribution in [0, 0.1) is 3.57 Å². The van der Waals surface area contributed by atoms with E-state index >= 15 is 0 Å². The highest BCUT2D eigenvalue weighted by molar-refractivity contribution is 14.1. The third-order valence-electron chi connectivity index (χ3n) is 2.74. The number of ether oxygens (including phenoxy) is 1. The summed E-state index contributed by atoms with van der Waals surface area (Å²) in [7, 11) is 0. The van der Waals surface area contributed by atoms with E-state index in [2.05, 4.69) is 27.9 Å². The molecule has 0 spiro atoms. The Kier molecular flexibility index (Phi) is 5.32. The van der Waals surface area contributed by atoms with Crippen LogP contribution in [0.5, 0.6) is 5.75 Å². The van der Waals surface area contributed by atoms with Crippen molar-refractivity contribution in [2.45, 2.75) is 6.92 Å². The van der Waals surface area contributed by atoms with E-state index in [1.54, 1.807) is 24.3 Å². The predicted molar refractivity (Wildman–Crippen MR) is 89.7 cm³/mol. The molecule has 0 aliphatic rings. The standard InChI is InChI=1S/C16H14INO3/c1-11(19)12-3-2-4-15(9-12)21-10-16(20)18-14-7-5-13(17)6-8-14/h2-9H,10H2,1H3,(H,18,20). The summed E-state index contributed by atoms with van der Waals surface area (Å²) in [6, 6.07) is 14.3. The van der Waals surface area contributed by atoms with Crippen LogP contribution < -0.4 is 10.1 Å². The highest BCUT2D eigenvalue weighted by Gasteiger charge is 2.05. The molecule has 1 amide bonds. The lowest BCUT2D eigenvalue weighted by Crippen LogP contribution is -2.20. The summed E-state index contributed by atoms with van der Waals surface area (Å²) < 4.78 is 6.49. The molecule has 1 N–H and O–H groups in total. The van der Waals surface area contributed by atoms with E-state index in [1.807, 2.05) is 24.3 Å². The number of benzene rings is 2. The number of carbonyl (C=O) groups excluding carboxylic acids is 2. The third-order valence-corrected chi connectivity index (χ3v) is 3.46. The fourth-order valence-corrected chi connectivity index (χ4v) is 2.04. The molecule has 0 saturated carbocycles. The van der Waals surface area contributed by atoms with Gasteiger partial charge in [-0.25, -0.2) is 0 Å². The minimum Gasteiger partial charge on any atom is -0.484 e. The number of hydrogen-bond donors (Lipinski definition) is 1. The molecule has 2 aromatic rings. The summed E-state index contributed by atoms with van der Waals surface area (Å²) in [5.74, 6) is 0.216. The SMILES string of the molecule is CC(=O)c1cccc(OCC(=O)Nc2ccc(I)cc2)c1. The molecule has 0 bridgehead atoms. The van der Waals surface area contributed by atoms with Gasteiger partial charge in [0.2, 0.25) is 0 Å². The van der Waals surface area contributed by atoms with Crippen LogP contribution in [-0.2, 0) is 4.79 Å². The molecule has 0 aliphatic carbocycles. The summed E-state index contributed by atoms with van der Waals surface area (Å²) >= 11 is 2.20. The minimum absolute atomic E-state index is 0.0382. The first-order valence-corrected chi connectivity index (χ1v) is 7.42. The molecule has 5 heteroatoms. The zero-order valence-electron chi connectivity index (χ0n) is 11.4. The maximum atomic E-state index is 11.8. The largest absolute Gasteiger partial charge is 0.484 e. The van der Waals surface area contributed by atoms with Crippen LogP contribution in [0.25, 0.3) is 0 Å². The van der Waals surface area contributed by atoms with Crippen LogP contribution in [-0.4, -0.2) is 18.3 Å². The Hall–Kier alpha value is -1.89. The molecule has 0 saturated heterocycles. The van der Waals surface area contributed by atoms with Crippen LogP contribution in [0.4, 0.5) is 5.69 Å². The van der Waals surface area contributed by atoms with Crippen molar-refractivity contribution in [1.29, 1.82) is 0 Å². The lowest BCUT2D eigenvalue weighted by atomic mass is 10.1. The van der Waals surface area contributed by atoms with Gasteiger partial charge in [-0.15, -0.1) is 0 Å². The van der Waals surface area contributed by atoms with Gasteiger partial charge in [0.1, 0.15) is 5.75 Å². The first kappa shape index (κ1) is 15.5. The number of anilines is 1. The van der Waals surface area contributed by atoms with Gasteiger partial charge < -0.3 is 10.1 Å². The highest BCUT2D eigenvalue weighted by Crippen LogP contribution is 2.14. The summed E-state index contributed by atoms with van der Waals surface area (Å²) in [5, 5.41) is 2.74. The van der Waals surface area contributed by atoms with Gasteiger partial charge in [-0.3, -0.25) is 9.59 Å². The molecule has 108 valence electrons. The molecule has 0 fully saturated rings. The smallest absolute Gasteiger partial charge is 0.262 e. The minimum atomic E-state index is -0.246. The van der Waals surface area contributed by atoms with Gasteiger partial charge in [0.15, 0.2) is 12.4 Å². The topological polar surface area (TPSA) is 55.4 Å². The van der Waals surface area contributed by atoms with E-state index in [9.17, 15) is 9.59 Å². The second-order valence-corrected chi connectivity index (χ2v) is 5.67. The maximum absolute atomic E-state index is 11.8. The monoisotopic (exact) mass is 395 g/mol. The molecular formula is C16H14INO3. The maximum Gasteiger partial charge on any atom is 0.262 e. The second-order valence-electron chi connectivity index (χ2n) is 4.43. The van der Waals surface area contributed by atoms with Crippen molar-refractivity contribution >= 4 is 40.0 Å². The molecule has 2 aromatic carbocycles. The zero-order chi connectivity index (χ0) is 15.2.